The second-order valence-corrected chi connectivity index (χ2v) is 9.06. The first-order chi connectivity index (χ1) is 17.1. The van der Waals surface area contributed by atoms with Crippen molar-refractivity contribution in [2.24, 2.45) is 7.05 Å². The maximum atomic E-state index is 5.58. The minimum Gasteiger partial charge on any atom is -0.480 e. The highest BCUT2D eigenvalue weighted by Crippen LogP contribution is 2.41. The van der Waals surface area contributed by atoms with Crippen LogP contribution in [0.2, 0.25) is 0 Å². The molecule has 176 valence electrons. The summed E-state index contributed by atoms with van der Waals surface area (Å²) in [7, 11) is 3.63. The molecule has 1 aliphatic carbocycles. The molecule has 1 fully saturated rings. The maximum absolute atomic E-state index is 5.58. The van der Waals surface area contributed by atoms with Gasteiger partial charge in [0.05, 0.1) is 36.6 Å². The standard InChI is InChI=1S/C26H26N8O/c1-16-13-33(2)24(31-16)19-9-7-17(8-10-19)14-34-25-20(12-30-34)11-27-23(32-25)21-22(18-5-4-6-18)28-15-29-26(21)35-3/h7-13,15,18H,4-6,14H2,1-3H3. The Kier molecular flexibility index (Phi) is 5.24. The summed E-state index contributed by atoms with van der Waals surface area (Å²) in [6, 6.07) is 8.41. The van der Waals surface area contributed by atoms with Crippen molar-refractivity contribution in [2.45, 2.75) is 38.6 Å². The van der Waals surface area contributed by atoms with E-state index in [9.17, 15) is 0 Å². The Morgan fingerprint density at radius 2 is 1.86 bits per heavy atom. The van der Waals surface area contributed by atoms with Gasteiger partial charge in [-0.1, -0.05) is 30.7 Å². The van der Waals surface area contributed by atoms with Crippen molar-refractivity contribution >= 4 is 11.0 Å². The van der Waals surface area contributed by atoms with Gasteiger partial charge in [-0.2, -0.15) is 5.10 Å². The number of hydrogen-bond donors (Lipinski definition) is 0. The van der Waals surface area contributed by atoms with Crippen LogP contribution in [0.5, 0.6) is 5.88 Å². The molecule has 0 radical (unpaired) electrons. The van der Waals surface area contributed by atoms with E-state index in [4.69, 9.17) is 9.72 Å². The van der Waals surface area contributed by atoms with Crippen LogP contribution in [0.3, 0.4) is 0 Å². The number of ether oxygens (including phenoxy) is 1. The van der Waals surface area contributed by atoms with Crippen LogP contribution in [0.4, 0.5) is 0 Å². The molecule has 0 spiro atoms. The Hall–Kier alpha value is -4.14. The normalized spacial score (nSPS) is 13.8. The molecule has 6 rings (SSSR count). The van der Waals surface area contributed by atoms with Crippen molar-refractivity contribution < 1.29 is 4.74 Å². The molecule has 1 saturated carbocycles. The molecule has 0 N–H and O–H groups in total. The van der Waals surface area contributed by atoms with Crippen molar-refractivity contribution in [1.82, 2.24) is 39.3 Å². The fraction of sp³-hybridized carbons (Fsp3) is 0.308. The van der Waals surface area contributed by atoms with E-state index in [0.717, 1.165) is 57.8 Å². The minimum absolute atomic E-state index is 0.395. The number of rotatable bonds is 6. The fourth-order valence-electron chi connectivity index (χ4n) is 4.66. The van der Waals surface area contributed by atoms with Gasteiger partial charge in [0.25, 0.3) is 0 Å². The number of nitrogens with zero attached hydrogens (tertiary/aromatic N) is 8. The summed E-state index contributed by atoms with van der Waals surface area (Å²) < 4.78 is 9.52. The van der Waals surface area contributed by atoms with E-state index in [-0.39, 0.29) is 0 Å². The van der Waals surface area contributed by atoms with Crippen LogP contribution in [0.25, 0.3) is 33.8 Å². The van der Waals surface area contributed by atoms with Crippen LogP contribution in [0, 0.1) is 6.92 Å². The number of imidazole rings is 1. The summed E-state index contributed by atoms with van der Waals surface area (Å²) in [4.78, 5) is 23.1. The van der Waals surface area contributed by atoms with Crippen LogP contribution >= 0.6 is 0 Å². The zero-order chi connectivity index (χ0) is 23.9. The molecule has 0 saturated heterocycles. The average molecular weight is 467 g/mol. The monoisotopic (exact) mass is 466 g/mol. The van der Waals surface area contributed by atoms with E-state index in [0.29, 0.717) is 24.2 Å². The number of methoxy groups -OCH3 is 1. The second-order valence-electron chi connectivity index (χ2n) is 9.06. The van der Waals surface area contributed by atoms with Crippen molar-refractivity contribution in [3.8, 4) is 28.7 Å². The molecule has 9 heteroatoms. The highest BCUT2D eigenvalue weighted by molar-refractivity contribution is 5.77. The van der Waals surface area contributed by atoms with Gasteiger partial charge < -0.3 is 9.30 Å². The number of aryl methyl sites for hydroxylation is 2. The van der Waals surface area contributed by atoms with Crippen LogP contribution in [0.1, 0.15) is 42.1 Å². The lowest BCUT2D eigenvalue weighted by molar-refractivity contribution is 0.386. The Morgan fingerprint density at radius 1 is 1.03 bits per heavy atom. The molecule has 35 heavy (non-hydrogen) atoms. The number of aromatic nitrogens is 8. The first-order valence-corrected chi connectivity index (χ1v) is 11.8. The molecular weight excluding hydrogens is 440 g/mol. The summed E-state index contributed by atoms with van der Waals surface area (Å²) >= 11 is 0. The number of hydrogen-bond acceptors (Lipinski definition) is 7. The maximum Gasteiger partial charge on any atom is 0.227 e. The zero-order valence-electron chi connectivity index (χ0n) is 20.0. The second kappa shape index (κ2) is 8.57. The van der Waals surface area contributed by atoms with Gasteiger partial charge in [-0.3, -0.25) is 0 Å². The molecule has 0 unspecified atom stereocenters. The SMILES string of the molecule is COc1ncnc(C2CCC2)c1-c1ncc2cnn(Cc3ccc(-c4nc(C)cn4C)cc3)c2n1. The topological polar surface area (TPSA) is 96.4 Å². The lowest BCUT2D eigenvalue weighted by Crippen LogP contribution is -2.14. The van der Waals surface area contributed by atoms with Crippen LogP contribution in [0.15, 0.2) is 49.2 Å². The summed E-state index contributed by atoms with van der Waals surface area (Å²) in [6.45, 7) is 2.60. The largest absolute Gasteiger partial charge is 0.480 e. The van der Waals surface area contributed by atoms with Crippen molar-refractivity contribution in [3.05, 3.63) is 66.1 Å². The van der Waals surface area contributed by atoms with E-state index < -0.39 is 0 Å². The first kappa shape index (κ1) is 21.4. The van der Waals surface area contributed by atoms with Gasteiger partial charge in [-0.25, -0.2) is 29.6 Å². The highest BCUT2D eigenvalue weighted by Gasteiger charge is 2.28. The molecule has 1 aliphatic rings. The molecule has 0 aliphatic heterocycles. The summed E-state index contributed by atoms with van der Waals surface area (Å²) in [5, 5.41) is 5.47. The first-order valence-electron chi connectivity index (χ1n) is 11.8. The summed E-state index contributed by atoms with van der Waals surface area (Å²) in [6.07, 6.45) is 10.6. The third kappa shape index (κ3) is 3.82. The van der Waals surface area contributed by atoms with Crippen molar-refractivity contribution in [3.63, 3.8) is 0 Å². The Labute approximate surface area is 202 Å². The molecule has 9 nitrogen and oxygen atoms in total. The average Bonchev–Trinajstić information content (AvgIpc) is 3.39. The van der Waals surface area contributed by atoms with Gasteiger partial charge in [-0.05, 0) is 25.3 Å². The lowest BCUT2D eigenvalue weighted by atomic mass is 9.81. The Balaban J connectivity index is 1.34. The van der Waals surface area contributed by atoms with Gasteiger partial charge in [0.15, 0.2) is 11.5 Å². The summed E-state index contributed by atoms with van der Waals surface area (Å²) in [5.41, 5.74) is 5.73. The molecular formula is C26H26N8O. The van der Waals surface area contributed by atoms with Crippen molar-refractivity contribution in [2.75, 3.05) is 7.11 Å². The molecule has 5 aromatic rings. The van der Waals surface area contributed by atoms with E-state index >= 15 is 0 Å². The van der Waals surface area contributed by atoms with Gasteiger partial charge >= 0.3 is 0 Å². The molecule has 4 heterocycles. The molecule has 4 aromatic heterocycles. The van der Waals surface area contributed by atoms with E-state index in [1.54, 1.807) is 19.6 Å². The molecule has 0 amide bonds. The zero-order valence-corrected chi connectivity index (χ0v) is 20.0. The van der Waals surface area contributed by atoms with Gasteiger partial charge in [0, 0.05) is 30.9 Å². The number of fused-ring (bicyclic) bond motifs is 1. The highest BCUT2D eigenvalue weighted by atomic mass is 16.5. The van der Waals surface area contributed by atoms with Crippen LogP contribution < -0.4 is 4.74 Å². The van der Waals surface area contributed by atoms with Crippen LogP contribution in [-0.2, 0) is 13.6 Å². The predicted octanol–water partition coefficient (Wildman–Crippen LogP) is 4.32. The third-order valence-corrected chi connectivity index (χ3v) is 6.67. The smallest absolute Gasteiger partial charge is 0.227 e. The van der Waals surface area contributed by atoms with Crippen molar-refractivity contribution in [1.29, 1.82) is 0 Å². The third-order valence-electron chi connectivity index (χ3n) is 6.67. The van der Waals surface area contributed by atoms with Gasteiger partial charge in [0.1, 0.15) is 17.7 Å². The molecule has 1 aromatic carbocycles. The minimum atomic E-state index is 0.395. The van der Waals surface area contributed by atoms with Gasteiger partial charge in [-0.15, -0.1) is 0 Å². The Morgan fingerprint density at radius 3 is 2.54 bits per heavy atom. The fourth-order valence-corrected chi connectivity index (χ4v) is 4.66. The quantitative estimate of drug-likeness (QED) is 0.368. The van der Waals surface area contributed by atoms with Crippen LogP contribution in [-0.4, -0.2) is 46.4 Å². The van der Waals surface area contributed by atoms with E-state index in [2.05, 4.69) is 49.3 Å². The molecule has 0 atom stereocenters. The Bertz CT molecular complexity index is 1510. The van der Waals surface area contributed by atoms with E-state index in [1.807, 2.05) is 35.6 Å². The molecule has 0 bridgehead atoms. The lowest BCUT2D eigenvalue weighted by Gasteiger charge is -2.26. The van der Waals surface area contributed by atoms with E-state index in [1.165, 1.54) is 6.42 Å². The summed E-state index contributed by atoms with van der Waals surface area (Å²) in [5.74, 6) is 2.43. The van der Waals surface area contributed by atoms with Gasteiger partial charge in [0.2, 0.25) is 5.88 Å². The number of benzene rings is 1. The predicted molar refractivity (Wildman–Crippen MR) is 132 cm³/mol.